The van der Waals surface area contributed by atoms with E-state index in [-0.39, 0.29) is 11.7 Å². The summed E-state index contributed by atoms with van der Waals surface area (Å²) in [4.78, 5) is 17.6. The highest BCUT2D eigenvalue weighted by Crippen LogP contribution is 2.35. The second kappa shape index (κ2) is 8.44. The van der Waals surface area contributed by atoms with E-state index >= 15 is 0 Å². The maximum Gasteiger partial charge on any atom is 0.238 e. The first kappa shape index (κ1) is 17.2. The highest BCUT2D eigenvalue weighted by Gasteiger charge is 2.21. The fourth-order valence-electron chi connectivity index (χ4n) is 2.33. The molecule has 0 radical (unpaired) electrons. The van der Waals surface area contributed by atoms with Crippen LogP contribution in [0.1, 0.15) is 16.4 Å². The predicted octanol–water partition coefficient (Wildman–Crippen LogP) is 4.37. The molecular formula is C20H17FN2OS. The third kappa shape index (κ3) is 4.90. The van der Waals surface area contributed by atoms with Crippen molar-refractivity contribution in [2.45, 2.75) is 16.7 Å². The van der Waals surface area contributed by atoms with Crippen LogP contribution in [0, 0.1) is 5.82 Å². The van der Waals surface area contributed by atoms with E-state index in [9.17, 15) is 9.18 Å². The lowest BCUT2D eigenvalue weighted by atomic mass is 10.1. The minimum absolute atomic E-state index is 0.0858. The molecule has 1 unspecified atom stereocenters. The van der Waals surface area contributed by atoms with Gasteiger partial charge < -0.3 is 5.32 Å². The van der Waals surface area contributed by atoms with Crippen LogP contribution in [0.5, 0.6) is 0 Å². The van der Waals surface area contributed by atoms with E-state index in [1.807, 2.05) is 42.5 Å². The van der Waals surface area contributed by atoms with Crippen molar-refractivity contribution in [3.8, 4) is 0 Å². The Morgan fingerprint density at radius 3 is 2.36 bits per heavy atom. The largest absolute Gasteiger partial charge is 0.351 e. The maximum atomic E-state index is 13.1. The van der Waals surface area contributed by atoms with E-state index in [1.165, 1.54) is 23.9 Å². The summed E-state index contributed by atoms with van der Waals surface area (Å²) in [5.41, 5.74) is 1.89. The summed E-state index contributed by atoms with van der Waals surface area (Å²) >= 11 is 1.40. The molecule has 2 aromatic carbocycles. The molecule has 0 aliphatic rings. The van der Waals surface area contributed by atoms with Gasteiger partial charge in [0.2, 0.25) is 5.91 Å². The molecule has 1 N–H and O–H groups in total. The summed E-state index contributed by atoms with van der Waals surface area (Å²) in [6.07, 6.45) is 3.40. The lowest BCUT2D eigenvalue weighted by Crippen LogP contribution is -2.27. The average molecular weight is 352 g/mol. The van der Waals surface area contributed by atoms with Crippen LogP contribution in [-0.4, -0.2) is 10.9 Å². The Morgan fingerprint density at radius 1 is 1.00 bits per heavy atom. The number of carbonyl (C=O) groups is 1. The summed E-state index contributed by atoms with van der Waals surface area (Å²) in [6, 6.07) is 19.5. The number of amides is 1. The number of carbonyl (C=O) groups excluding carboxylic acids is 1. The molecule has 0 bridgehead atoms. The van der Waals surface area contributed by atoms with Crippen LogP contribution in [0.4, 0.5) is 4.39 Å². The van der Waals surface area contributed by atoms with E-state index in [0.29, 0.717) is 6.54 Å². The predicted molar refractivity (Wildman–Crippen MR) is 97.5 cm³/mol. The summed E-state index contributed by atoms with van der Waals surface area (Å²) in [5, 5.41) is 2.56. The Hall–Kier alpha value is -2.66. The first-order valence-corrected chi connectivity index (χ1v) is 8.74. The van der Waals surface area contributed by atoms with Gasteiger partial charge in [0, 0.05) is 23.8 Å². The molecule has 0 saturated carbocycles. The molecule has 1 atom stereocenters. The number of hydrogen-bond donors (Lipinski definition) is 1. The third-order valence-electron chi connectivity index (χ3n) is 3.62. The lowest BCUT2D eigenvalue weighted by Gasteiger charge is -2.17. The van der Waals surface area contributed by atoms with Crippen LogP contribution in [-0.2, 0) is 11.3 Å². The third-order valence-corrected chi connectivity index (χ3v) is 4.89. The Morgan fingerprint density at radius 2 is 1.68 bits per heavy atom. The van der Waals surface area contributed by atoms with E-state index in [1.54, 1.807) is 24.5 Å². The Bertz CT molecular complexity index is 810. The number of aromatic nitrogens is 1. The number of hydrogen-bond acceptors (Lipinski definition) is 3. The van der Waals surface area contributed by atoms with E-state index < -0.39 is 5.25 Å². The van der Waals surface area contributed by atoms with Gasteiger partial charge in [-0.05, 0) is 47.5 Å². The number of rotatable bonds is 6. The van der Waals surface area contributed by atoms with Crippen molar-refractivity contribution in [2.24, 2.45) is 0 Å². The van der Waals surface area contributed by atoms with Crippen LogP contribution < -0.4 is 5.32 Å². The standard InChI is InChI=1S/C20H17FN2OS/c21-17-6-8-18(9-7-17)25-19(16-4-2-1-3-5-16)20(24)23-14-15-10-12-22-13-11-15/h1-13,19H,14H2,(H,23,24). The topological polar surface area (TPSA) is 42.0 Å². The highest BCUT2D eigenvalue weighted by atomic mass is 32.2. The number of halogens is 1. The second-order valence-corrected chi connectivity index (χ2v) is 6.61. The summed E-state index contributed by atoms with van der Waals surface area (Å²) in [5.74, 6) is -0.375. The van der Waals surface area contributed by atoms with Crippen molar-refractivity contribution in [3.63, 3.8) is 0 Å². The number of thioether (sulfide) groups is 1. The van der Waals surface area contributed by atoms with Gasteiger partial charge in [0.1, 0.15) is 11.1 Å². The quantitative estimate of drug-likeness (QED) is 0.670. The molecule has 0 saturated heterocycles. The zero-order chi connectivity index (χ0) is 17.5. The Kier molecular flexibility index (Phi) is 5.80. The Labute approximate surface area is 150 Å². The second-order valence-electron chi connectivity index (χ2n) is 5.44. The first-order valence-electron chi connectivity index (χ1n) is 7.86. The van der Waals surface area contributed by atoms with Gasteiger partial charge in [-0.15, -0.1) is 11.8 Å². The van der Waals surface area contributed by atoms with Crippen LogP contribution in [0.15, 0.2) is 84.0 Å². The van der Waals surface area contributed by atoms with Crippen molar-refractivity contribution in [1.29, 1.82) is 0 Å². The Balaban J connectivity index is 1.76. The number of benzene rings is 2. The lowest BCUT2D eigenvalue weighted by molar-refractivity contribution is -0.120. The number of pyridine rings is 1. The van der Waals surface area contributed by atoms with Gasteiger partial charge in [-0.2, -0.15) is 0 Å². The molecule has 0 fully saturated rings. The molecule has 3 nitrogen and oxygen atoms in total. The van der Waals surface area contributed by atoms with Crippen LogP contribution in [0.25, 0.3) is 0 Å². The van der Waals surface area contributed by atoms with Gasteiger partial charge in [0.25, 0.3) is 0 Å². The smallest absolute Gasteiger partial charge is 0.238 e. The molecule has 1 amide bonds. The summed E-state index contributed by atoms with van der Waals surface area (Å²) < 4.78 is 13.1. The van der Waals surface area contributed by atoms with Gasteiger partial charge >= 0.3 is 0 Å². The van der Waals surface area contributed by atoms with Gasteiger partial charge in [-0.3, -0.25) is 9.78 Å². The first-order chi connectivity index (χ1) is 12.2. The normalized spacial score (nSPS) is 11.7. The molecule has 126 valence electrons. The molecular weight excluding hydrogens is 335 g/mol. The van der Waals surface area contributed by atoms with Crippen molar-refractivity contribution in [1.82, 2.24) is 10.3 Å². The van der Waals surface area contributed by atoms with Gasteiger partial charge in [-0.25, -0.2) is 4.39 Å². The van der Waals surface area contributed by atoms with E-state index in [0.717, 1.165) is 16.0 Å². The molecule has 0 aliphatic heterocycles. The molecule has 0 aliphatic carbocycles. The van der Waals surface area contributed by atoms with Crippen molar-refractivity contribution in [2.75, 3.05) is 0 Å². The molecule has 5 heteroatoms. The van der Waals surface area contributed by atoms with Gasteiger partial charge in [0.05, 0.1) is 0 Å². The number of nitrogens with one attached hydrogen (secondary N) is 1. The van der Waals surface area contributed by atoms with Crippen LogP contribution in [0.3, 0.4) is 0 Å². The van der Waals surface area contributed by atoms with Crippen molar-refractivity contribution >= 4 is 17.7 Å². The number of nitrogens with zero attached hydrogens (tertiary/aromatic N) is 1. The highest BCUT2D eigenvalue weighted by molar-refractivity contribution is 8.00. The van der Waals surface area contributed by atoms with E-state index in [4.69, 9.17) is 0 Å². The van der Waals surface area contributed by atoms with E-state index in [2.05, 4.69) is 10.3 Å². The minimum Gasteiger partial charge on any atom is -0.351 e. The molecule has 3 aromatic rings. The zero-order valence-electron chi connectivity index (χ0n) is 13.4. The minimum atomic E-state index is -0.409. The van der Waals surface area contributed by atoms with Crippen LogP contribution in [0.2, 0.25) is 0 Å². The zero-order valence-corrected chi connectivity index (χ0v) is 14.2. The van der Waals surface area contributed by atoms with Crippen LogP contribution >= 0.6 is 11.8 Å². The molecule has 1 heterocycles. The summed E-state index contributed by atoms with van der Waals surface area (Å²) in [6.45, 7) is 0.439. The molecule has 25 heavy (non-hydrogen) atoms. The average Bonchev–Trinajstić information content (AvgIpc) is 2.67. The fourth-order valence-corrected chi connectivity index (χ4v) is 3.38. The van der Waals surface area contributed by atoms with Crippen molar-refractivity contribution in [3.05, 3.63) is 96.1 Å². The van der Waals surface area contributed by atoms with Crippen molar-refractivity contribution < 1.29 is 9.18 Å². The molecule has 0 spiro atoms. The summed E-state index contributed by atoms with van der Waals surface area (Å²) in [7, 11) is 0. The monoisotopic (exact) mass is 352 g/mol. The molecule has 3 rings (SSSR count). The maximum absolute atomic E-state index is 13.1. The van der Waals surface area contributed by atoms with Gasteiger partial charge in [-0.1, -0.05) is 30.3 Å². The van der Waals surface area contributed by atoms with Gasteiger partial charge in [0.15, 0.2) is 0 Å². The molecule has 1 aromatic heterocycles. The SMILES string of the molecule is O=C(NCc1ccncc1)C(Sc1ccc(F)cc1)c1ccccc1. The fraction of sp³-hybridized carbons (Fsp3) is 0.100.